The molecular weight excluding hydrogens is 813 g/mol. The lowest BCUT2D eigenvalue weighted by Crippen LogP contribution is -2.42. The zero-order valence-corrected chi connectivity index (χ0v) is 40.7. The van der Waals surface area contributed by atoms with Crippen LogP contribution >= 0.6 is 0 Å². The molecule has 336 valence electrons. The lowest BCUT2D eigenvalue weighted by molar-refractivity contribution is 0.0892. The highest BCUT2D eigenvalue weighted by Gasteiger charge is 2.40. The number of amides is 2. The van der Waals surface area contributed by atoms with Gasteiger partial charge in [-0.1, -0.05) is 144 Å². The maximum Gasteiger partial charge on any atom is 0.266 e. The Morgan fingerprint density at radius 2 is 0.894 bits per heavy atom. The molecule has 2 aliphatic heterocycles. The van der Waals surface area contributed by atoms with Crippen molar-refractivity contribution in [3.8, 4) is 23.0 Å². The van der Waals surface area contributed by atoms with Crippen LogP contribution in [0.25, 0.3) is 43.1 Å². The predicted molar refractivity (Wildman–Crippen MR) is 275 cm³/mol. The normalized spacial score (nSPS) is 15.0. The zero-order valence-electron chi connectivity index (χ0n) is 40.7. The van der Waals surface area contributed by atoms with Crippen molar-refractivity contribution >= 4 is 66.3 Å². The number of ether oxygens (including phenoxy) is 2. The molecule has 0 aliphatic carbocycles. The molecule has 2 heterocycles. The van der Waals surface area contributed by atoms with Gasteiger partial charge in [0.25, 0.3) is 11.8 Å². The molecule has 2 aliphatic rings. The second kappa shape index (κ2) is 15.1. The quantitative estimate of drug-likeness (QED) is 0.0946. The van der Waals surface area contributed by atoms with Crippen LogP contribution in [0.5, 0.6) is 23.0 Å². The third kappa shape index (κ3) is 7.15. The van der Waals surface area contributed by atoms with Gasteiger partial charge in [-0.05, 0) is 121 Å². The van der Waals surface area contributed by atoms with Gasteiger partial charge in [-0.2, -0.15) is 0 Å². The molecule has 8 aromatic rings. The van der Waals surface area contributed by atoms with Crippen LogP contribution in [0.15, 0.2) is 109 Å². The van der Waals surface area contributed by atoms with E-state index in [1.54, 1.807) is 0 Å². The number of benzene rings is 8. The molecule has 0 aromatic heterocycles. The Morgan fingerprint density at radius 1 is 0.424 bits per heavy atom. The van der Waals surface area contributed by atoms with Crippen LogP contribution in [0.2, 0.25) is 0 Å². The van der Waals surface area contributed by atoms with Crippen LogP contribution in [-0.2, 0) is 21.7 Å². The van der Waals surface area contributed by atoms with Gasteiger partial charge < -0.3 is 14.4 Å². The average molecular weight is 875 g/mol. The van der Waals surface area contributed by atoms with Crippen molar-refractivity contribution in [1.29, 1.82) is 0 Å². The monoisotopic (exact) mass is 874 g/mol. The molecule has 2 amide bonds. The van der Waals surface area contributed by atoms with Crippen molar-refractivity contribution in [2.45, 2.75) is 118 Å². The fourth-order valence-electron chi connectivity index (χ4n) is 10.3. The molecule has 6 heteroatoms. The molecule has 0 saturated carbocycles. The van der Waals surface area contributed by atoms with Crippen LogP contribution in [0.4, 0.5) is 11.4 Å². The number of hydrogen-bond acceptors (Lipinski definition) is 5. The van der Waals surface area contributed by atoms with Crippen LogP contribution in [0.1, 0.15) is 139 Å². The summed E-state index contributed by atoms with van der Waals surface area (Å²) in [7, 11) is 0. The third-order valence-electron chi connectivity index (χ3n) is 14.0. The van der Waals surface area contributed by atoms with Crippen LogP contribution in [0.3, 0.4) is 0 Å². The predicted octanol–water partition coefficient (Wildman–Crippen LogP) is 15.9. The highest BCUT2D eigenvalue weighted by molar-refractivity contribution is 6.44. The van der Waals surface area contributed by atoms with Crippen molar-refractivity contribution in [2.24, 2.45) is 0 Å². The molecule has 0 bridgehead atoms. The van der Waals surface area contributed by atoms with Crippen molar-refractivity contribution < 1.29 is 19.1 Å². The molecular formula is C60H62N2O4. The number of hydrogen-bond donors (Lipinski definition) is 0. The van der Waals surface area contributed by atoms with Crippen LogP contribution < -0.4 is 19.3 Å². The van der Waals surface area contributed by atoms with E-state index in [1.165, 1.54) is 21.7 Å². The Hall–Kier alpha value is -6.40. The van der Waals surface area contributed by atoms with Gasteiger partial charge in [-0.15, -0.1) is 0 Å². The van der Waals surface area contributed by atoms with E-state index in [4.69, 9.17) is 9.47 Å². The van der Waals surface area contributed by atoms with E-state index in [1.807, 2.05) is 42.5 Å². The number of nitrogens with zero attached hydrogens (tertiary/aromatic N) is 2. The highest BCUT2D eigenvalue weighted by Crippen LogP contribution is 2.54. The topological polar surface area (TPSA) is 59.1 Å². The van der Waals surface area contributed by atoms with Gasteiger partial charge in [0, 0.05) is 45.7 Å². The second-order valence-corrected chi connectivity index (χ2v) is 22.8. The molecule has 1 fully saturated rings. The van der Waals surface area contributed by atoms with Gasteiger partial charge >= 0.3 is 0 Å². The number of anilines is 2. The highest BCUT2D eigenvalue weighted by atomic mass is 16.5. The van der Waals surface area contributed by atoms with E-state index in [0.717, 1.165) is 74.8 Å². The van der Waals surface area contributed by atoms with Crippen molar-refractivity contribution in [3.63, 3.8) is 0 Å². The molecule has 1 saturated heterocycles. The molecule has 8 aromatic carbocycles. The van der Waals surface area contributed by atoms with E-state index in [-0.39, 0.29) is 33.5 Å². The molecule has 0 atom stereocenters. The van der Waals surface area contributed by atoms with Gasteiger partial charge in [0.15, 0.2) is 0 Å². The van der Waals surface area contributed by atoms with Gasteiger partial charge in [0.05, 0.1) is 16.8 Å². The lowest BCUT2D eigenvalue weighted by atomic mass is 9.79. The summed E-state index contributed by atoms with van der Waals surface area (Å²) in [4.78, 5) is 35.3. The summed E-state index contributed by atoms with van der Waals surface area (Å²) >= 11 is 0. The second-order valence-electron chi connectivity index (χ2n) is 22.8. The summed E-state index contributed by atoms with van der Waals surface area (Å²) in [6, 6.07) is 37.6. The summed E-state index contributed by atoms with van der Waals surface area (Å²) in [6.07, 6.45) is 2.32. The first-order chi connectivity index (χ1) is 31.1. The fraction of sp³-hybridized carbons (Fsp3) is 0.333. The Kier molecular flexibility index (Phi) is 9.93. The lowest BCUT2D eigenvalue weighted by Gasteiger charge is -2.34. The van der Waals surface area contributed by atoms with Gasteiger partial charge in [-0.25, -0.2) is 4.90 Å². The Labute approximate surface area is 389 Å². The van der Waals surface area contributed by atoms with Crippen molar-refractivity contribution in [2.75, 3.05) is 22.9 Å². The number of carbonyl (C=O) groups excluding carboxylic acids is 2. The summed E-state index contributed by atoms with van der Waals surface area (Å²) in [5.74, 6) is 1.65. The van der Waals surface area contributed by atoms with Gasteiger partial charge in [0.2, 0.25) is 0 Å². The fourth-order valence-corrected chi connectivity index (χ4v) is 10.3. The molecule has 0 unspecified atom stereocenters. The van der Waals surface area contributed by atoms with E-state index < -0.39 is 0 Å². The molecule has 0 N–H and O–H groups in total. The first-order valence-electron chi connectivity index (χ1n) is 23.7. The minimum Gasteiger partial charge on any atom is -0.457 e. The smallest absolute Gasteiger partial charge is 0.266 e. The molecule has 0 radical (unpaired) electrons. The Bertz CT molecular complexity index is 3120. The number of fused-ring (bicyclic) bond motifs is 2. The van der Waals surface area contributed by atoms with Gasteiger partial charge in [-0.3, -0.25) is 9.59 Å². The minimum absolute atomic E-state index is 0.0442. The van der Waals surface area contributed by atoms with Crippen molar-refractivity contribution in [1.82, 2.24) is 0 Å². The van der Waals surface area contributed by atoms with E-state index in [9.17, 15) is 0 Å². The largest absolute Gasteiger partial charge is 0.457 e. The maximum absolute atomic E-state index is 15.7. The van der Waals surface area contributed by atoms with E-state index >= 15 is 9.59 Å². The number of carbonyl (C=O) groups is 2. The Morgan fingerprint density at radius 3 is 1.38 bits per heavy atom. The number of imide groups is 1. The minimum atomic E-state index is -0.381. The molecule has 6 nitrogen and oxygen atoms in total. The Balaban J connectivity index is 1.32. The molecule has 66 heavy (non-hydrogen) atoms. The SMILES string of the molecule is CC(C)(C)c1ccc(Oc2cc3c4c(cc(Oc5ccc(C(C)(C)C)cc5)c5c6ccc(N7CCCC7)c7cccc(c2c45)c76)C(=O)N(c2cc(C(C)(C)C)ccc2C(C)(C)C)C3=O)cc1. The number of rotatable bonds is 6. The maximum atomic E-state index is 15.7. The van der Waals surface area contributed by atoms with E-state index in [2.05, 4.69) is 155 Å². The van der Waals surface area contributed by atoms with Gasteiger partial charge in [0.1, 0.15) is 23.0 Å². The molecule has 0 spiro atoms. The summed E-state index contributed by atoms with van der Waals surface area (Å²) < 4.78 is 14.2. The zero-order chi connectivity index (χ0) is 46.8. The standard InChI is InChI=1S/C60H62N2O4/c1-57(2,3)35-18-23-38(24-19-35)65-48-33-43-51-44(56(64)62(55(43)63)47-32-37(59(7,8)9)22-28-45(47)60(10,11)12)34-49(66-39-25-20-36(21-26-39)58(4,5)6)53-42-27-29-46(61-30-13-14-31-61)40-16-15-17-41(50(40)42)52(48)54(51)53/h15-29,32-34H,13-14,30-31H2,1-12H3. The van der Waals surface area contributed by atoms with Crippen molar-refractivity contribution in [3.05, 3.63) is 143 Å². The van der Waals surface area contributed by atoms with E-state index in [0.29, 0.717) is 45.2 Å². The third-order valence-corrected chi connectivity index (χ3v) is 14.0. The van der Waals surface area contributed by atoms with Crippen LogP contribution in [0, 0.1) is 0 Å². The summed E-state index contributed by atoms with van der Waals surface area (Å²) in [5, 5.41) is 7.33. The van der Waals surface area contributed by atoms with Crippen LogP contribution in [-0.4, -0.2) is 24.9 Å². The summed E-state index contributed by atoms with van der Waals surface area (Å²) in [6.45, 7) is 28.1. The molecule has 10 rings (SSSR count). The first-order valence-corrected chi connectivity index (χ1v) is 23.7. The first kappa shape index (κ1) is 43.5. The summed E-state index contributed by atoms with van der Waals surface area (Å²) in [5.41, 5.74) is 6.25. The average Bonchev–Trinajstić information content (AvgIpc) is 3.79.